The van der Waals surface area contributed by atoms with Crippen molar-refractivity contribution in [1.82, 2.24) is 5.43 Å². The summed E-state index contributed by atoms with van der Waals surface area (Å²) in [6.07, 6.45) is 0. The van der Waals surface area contributed by atoms with Gasteiger partial charge in [-0.2, -0.15) is 5.10 Å². The highest BCUT2D eigenvalue weighted by molar-refractivity contribution is 6.02. The average Bonchev–Trinajstić information content (AvgIpc) is 2.47. The van der Waals surface area contributed by atoms with Gasteiger partial charge in [0.15, 0.2) is 0 Å². The van der Waals surface area contributed by atoms with E-state index in [1.54, 1.807) is 37.3 Å². The van der Waals surface area contributed by atoms with Crippen LogP contribution in [0.5, 0.6) is 5.75 Å². The minimum atomic E-state index is -0.270. The van der Waals surface area contributed by atoms with Crippen LogP contribution in [0.25, 0.3) is 0 Å². The lowest BCUT2D eigenvalue weighted by Crippen LogP contribution is -2.19. The van der Waals surface area contributed by atoms with E-state index in [-0.39, 0.29) is 11.7 Å². The molecule has 0 heterocycles. The molecule has 0 aliphatic carbocycles. The van der Waals surface area contributed by atoms with Crippen molar-refractivity contribution < 1.29 is 9.90 Å². The molecule has 4 heteroatoms. The number of hydrazone groups is 1. The zero-order chi connectivity index (χ0) is 15.4. The van der Waals surface area contributed by atoms with Crippen molar-refractivity contribution >= 4 is 11.6 Å². The molecule has 4 nitrogen and oxygen atoms in total. The molecule has 2 aromatic carbocycles. The smallest absolute Gasteiger partial charge is 0.271 e. The maximum atomic E-state index is 12.0. The van der Waals surface area contributed by atoms with Gasteiger partial charge in [0.25, 0.3) is 5.91 Å². The molecule has 0 fully saturated rings. The van der Waals surface area contributed by atoms with E-state index in [0.29, 0.717) is 16.8 Å². The summed E-state index contributed by atoms with van der Waals surface area (Å²) in [5.74, 6) is -0.132. The number of amides is 1. The van der Waals surface area contributed by atoms with Crippen LogP contribution in [0.3, 0.4) is 0 Å². The second-order valence-electron chi connectivity index (χ2n) is 4.95. The van der Waals surface area contributed by atoms with Gasteiger partial charge in [-0.15, -0.1) is 0 Å². The van der Waals surface area contributed by atoms with E-state index in [1.807, 2.05) is 26.0 Å². The fraction of sp³-hybridized carbons (Fsp3) is 0.176. The maximum Gasteiger partial charge on any atom is 0.271 e. The van der Waals surface area contributed by atoms with Crippen molar-refractivity contribution in [3.05, 3.63) is 64.7 Å². The summed E-state index contributed by atoms with van der Waals surface area (Å²) in [5, 5.41) is 13.8. The summed E-state index contributed by atoms with van der Waals surface area (Å²) >= 11 is 0. The SMILES string of the molecule is CC(=NNC(=O)c1ccc(C)c(C)c1)c1ccccc1O. The minimum Gasteiger partial charge on any atom is -0.507 e. The number of phenolic OH excluding ortho intramolecular Hbond substituents is 1. The van der Waals surface area contributed by atoms with Gasteiger partial charge in [0, 0.05) is 11.1 Å². The van der Waals surface area contributed by atoms with Crippen molar-refractivity contribution in [2.24, 2.45) is 5.10 Å². The minimum absolute atomic E-state index is 0.138. The van der Waals surface area contributed by atoms with Crippen LogP contribution in [0.2, 0.25) is 0 Å². The third-order valence-electron chi connectivity index (χ3n) is 3.39. The number of carbonyl (C=O) groups excluding carboxylic acids is 1. The van der Waals surface area contributed by atoms with Crippen molar-refractivity contribution in [3.63, 3.8) is 0 Å². The van der Waals surface area contributed by atoms with E-state index in [0.717, 1.165) is 11.1 Å². The summed E-state index contributed by atoms with van der Waals surface area (Å²) in [7, 11) is 0. The summed E-state index contributed by atoms with van der Waals surface area (Å²) in [4.78, 5) is 12.0. The number of para-hydroxylation sites is 1. The Morgan fingerprint density at radius 3 is 2.48 bits per heavy atom. The molecule has 0 bridgehead atoms. The highest BCUT2D eigenvalue weighted by Gasteiger charge is 2.07. The molecule has 0 atom stereocenters. The fourth-order valence-electron chi connectivity index (χ4n) is 1.92. The quantitative estimate of drug-likeness (QED) is 0.671. The van der Waals surface area contributed by atoms with Crippen LogP contribution in [0.4, 0.5) is 0 Å². The Bertz CT molecular complexity index is 706. The number of benzene rings is 2. The van der Waals surface area contributed by atoms with Gasteiger partial charge in [-0.3, -0.25) is 4.79 Å². The highest BCUT2D eigenvalue weighted by atomic mass is 16.3. The molecule has 2 aromatic rings. The Hall–Kier alpha value is -2.62. The van der Waals surface area contributed by atoms with Crippen molar-refractivity contribution in [1.29, 1.82) is 0 Å². The van der Waals surface area contributed by atoms with Gasteiger partial charge < -0.3 is 5.11 Å². The molecule has 0 aromatic heterocycles. The predicted molar refractivity (Wildman–Crippen MR) is 83.7 cm³/mol. The van der Waals surface area contributed by atoms with Crippen LogP contribution in [-0.2, 0) is 0 Å². The first kappa shape index (κ1) is 14.8. The molecule has 0 spiro atoms. The van der Waals surface area contributed by atoms with Crippen LogP contribution in [-0.4, -0.2) is 16.7 Å². The van der Waals surface area contributed by atoms with Crippen LogP contribution in [0, 0.1) is 13.8 Å². The van der Waals surface area contributed by atoms with Crippen LogP contribution in [0.15, 0.2) is 47.6 Å². The standard InChI is InChI=1S/C17H18N2O2/c1-11-8-9-14(10-12(11)2)17(21)19-18-13(3)15-6-4-5-7-16(15)20/h4-10,20H,1-3H3,(H,19,21). The number of nitrogens with one attached hydrogen (secondary N) is 1. The first-order valence-electron chi connectivity index (χ1n) is 6.69. The first-order valence-corrected chi connectivity index (χ1v) is 6.69. The average molecular weight is 282 g/mol. The zero-order valence-electron chi connectivity index (χ0n) is 12.3. The summed E-state index contributed by atoms with van der Waals surface area (Å²) in [5.41, 5.74) is 6.41. The molecule has 0 aliphatic heterocycles. The Balaban J connectivity index is 2.14. The van der Waals surface area contributed by atoms with E-state index in [4.69, 9.17) is 0 Å². The van der Waals surface area contributed by atoms with Gasteiger partial charge in [0.2, 0.25) is 0 Å². The highest BCUT2D eigenvalue weighted by Crippen LogP contribution is 2.16. The number of aryl methyl sites for hydroxylation is 2. The van der Waals surface area contributed by atoms with Gasteiger partial charge in [0.05, 0.1) is 5.71 Å². The predicted octanol–water partition coefficient (Wildman–Crippen LogP) is 3.16. The topological polar surface area (TPSA) is 61.7 Å². The molecule has 2 N–H and O–H groups in total. The molecule has 0 aliphatic rings. The number of phenols is 1. The van der Waals surface area contributed by atoms with Crippen molar-refractivity contribution in [2.45, 2.75) is 20.8 Å². The van der Waals surface area contributed by atoms with Crippen LogP contribution in [0.1, 0.15) is 34.0 Å². The van der Waals surface area contributed by atoms with E-state index >= 15 is 0 Å². The molecule has 1 amide bonds. The van der Waals surface area contributed by atoms with Crippen LogP contribution < -0.4 is 5.43 Å². The zero-order valence-corrected chi connectivity index (χ0v) is 12.3. The number of hydrogen-bond acceptors (Lipinski definition) is 3. The van der Waals surface area contributed by atoms with Gasteiger partial charge >= 0.3 is 0 Å². The molecular formula is C17H18N2O2. The molecule has 0 unspecified atom stereocenters. The Kier molecular flexibility index (Phi) is 4.38. The number of nitrogens with zero attached hydrogens (tertiary/aromatic N) is 1. The van der Waals surface area contributed by atoms with E-state index < -0.39 is 0 Å². The molecule has 2 rings (SSSR count). The van der Waals surface area contributed by atoms with E-state index in [9.17, 15) is 9.90 Å². The summed E-state index contributed by atoms with van der Waals surface area (Å²) in [6, 6.07) is 12.4. The summed E-state index contributed by atoms with van der Waals surface area (Å²) < 4.78 is 0. The second kappa shape index (κ2) is 6.22. The van der Waals surface area contributed by atoms with Gasteiger partial charge in [-0.1, -0.05) is 18.2 Å². The number of carbonyl (C=O) groups is 1. The Morgan fingerprint density at radius 1 is 1.10 bits per heavy atom. The van der Waals surface area contributed by atoms with E-state index in [2.05, 4.69) is 10.5 Å². The van der Waals surface area contributed by atoms with Gasteiger partial charge in [-0.25, -0.2) is 5.43 Å². The third-order valence-corrected chi connectivity index (χ3v) is 3.39. The molecule has 108 valence electrons. The number of hydrogen-bond donors (Lipinski definition) is 2. The molecule has 0 saturated carbocycles. The maximum absolute atomic E-state index is 12.0. The molecular weight excluding hydrogens is 264 g/mol. The van der Waals surface area contributed by atoms with E-state index in [1.165, 1.54) is 0 Å². The molecule has 0 saturated heterocycles. The monoisotopic (exact) mass is 282 g/mol. The lowest BCUT2D eigenvalue weighted by molar-refractivity contribution is 0.0954. The molecule has 21 heavy (non-hydrogen) atoms. The normalized spacial score (nSPS) is 11.3. The van der Waals surface area contributed by atoms with Crippen LogP contribution >= 0.6 is 0 Å². The lowest BCUT2D eigenvalue weighted by Gasteiger charge is -2.06. The van der Waals surface area contributed by atoms with Gasteiger partial charge in [0.1, 0.15) is 5.75 Å². The number of aromatic hydroxyl groups is 1. The van der Waals surface area contributed by atoms with Crippen molar-refractivity contribution in [2.75, 3.05) is 0 Å². The van der Waals surface area contributed by atoms with Gasteiger partial charge in [-0.05, 0) is 56.2 Å². The molecule has 0 radical (unpaired) electrons. The Labute approximate surface area is 124 Å². The lowest BCUT2D eigenvalue weighted by atomic mass is 10.1. The fourth-order valence-corrected chi connectivity index (χ4v) is 1.92. The second-order valence-corrected chi connectivity index (χ2v) is 4.95. The largest absolute Gasteiger partial charge is 0.507 e. The van der Waals surface area contributed by atoms with Crippen molar-refractivity contribution in [3.8, 4) is 5.75 Å². The Morgan fingerprint density at radius 2 is 1.81 bits per heavy atom. The summed E-state index contributed by atoms with van der Waals surface area (Å²) in [6.45, 7) is 5.69. The first-order chi connectivity index (χ1) is 9.99. The third kappa shape index (κ3) is 3.48. The number of rotatable bonds is 3.